The molecule has 1 aromatic carbocycles. The maximum Gasteiger partial charge on any atom is 0.269 e. The van der Waals surface area contributed by atoms with Gasteiger partial charge in [-0.1, -0.05) is 12.1 Å². The average Bonchev–Trinajstić information content (AvgIpc) is 2.92. The summed E-state index contributed by atoms with van der Waals surface area (Å²) in [5, 5.41) is 17.0. The first-order chi connectivity index (χ1) is 9.16. The highest BCUT2D eigenvalue weighted by Crippen LogP contribution is 2.17. The van der Waals surface area contributed by atoms with Gasteiger partial charge in [0.25, 0.3) is 5.69 Å². The van der Waals surface area contributed by atoms with Gasteiger partial charge >= 0.3 is 0 Å². The zero-order chi connectivity index (χ0) is 13.7. The standard InChI is InChI=1S/C13H15N3O2S/c1-10(14-7-6-13-15-8-9-19-13)11-2-4-12(5-3-11)16(17)18/h2-5,8-10,14H,6-7H2,1H3. The Balaban J connectivity index is 1.85. The third-order valence-corrected chi connectivity index (χ3v) is 3.72. The molecule has 0 spiro atoms. The molecule has 0 aliphatic carbocycles. The number of nitro groups is 1. The van der Waals surface area contributed by atoms with Gasteiger partial charge in [-0.3, -0.25) is 10.1 Å². The molecule has 0 amide bonds. The number of aromatic nitrogens is 1. The molecule has 0 fully saturated rings. The number of rotatable bonds is 6. The molecule has 0 aliphatic rings. The topological polar surface area (TPSA) is 68.1 Å². The van der Waals surface area contributed by atoms with Crippen molar-refractivity contribution in [1.82, 2.24) is 10.3 Å². The van der Waals surface area contributed by atoms with E-state index in [4.69, 9.17) is 0 Å². The lowest BCUT2D eigenvalue weighted by molar-refractivity contribution is -0.384. The van der Waals surface area contributed by atoms with Crippen LogP contribution < -0.4 is 5.32 Å². The molecule has 0 radical (unpaired) electrons. The van der Waals surface area contributed by atoms with E-state index in [-0.39, 0.29) is 16.7 Å². The lowest BCUT2D eigenvalue weighted by atomic mass is 10.1. The van der Waals surface area contributed by atoms with Gasteiger partial charge in [-0.05, 0) is 12.5 Å². The third kappa shape index (κ3) is 3.84. The molecule has 1 N–H and O–H groups in total. The van der Waals surface area contributed by atoms with Crippen molar-refractivity contribution in [3.63, 3.8) is 0 Å². The number of thiazole rings is 1. The summed E-state index contributed by atoms with van der Waals surface area (Å²) < 4.78 is 0. The highest BCUT2D eigenvalue weighted by Gasteiger charge is 2.08. The van der Waals surface area contributed by atoms with Gasteiger partial charge in [0.1, 0.15) is 0 Å². The van der Waals surface area contributed by atoms with E-state index in [1.807, 2.05) is 12.3 Å². The van der Waals surface area contributed by atoms with Gasteiger partial charge in [0.2, 0.25) is 0 Å². The van der Waals surface area contributed by atoms with E-state index < -0.39 is 0 Å². The van der Waals surface area contributed by atoms with Crippen LogP contribution in [0.2, 0.25) is 0 Å². The lowest BCUT2D eigenvalue weighted by Gasteiger charge is -2.13. The van der Waals surface area contributed by atoms with Gasteiger partial charge in [-0.25, -0.2) is 4.98 Å². The Bertz CT molecular complexity index is 525. The Hall–Kier alpha value is -1.79. The molecule has 100 valence electrons. The van der Waals surface area contributed by atoms with Crippen molar-refractivity contribution in [2.24, 2.45) is 0 Å². The molecule has 2 rings (SSSR count). The maximum atomic E-state index is 10.6. The number of benzene rings is 1. The Labute approximate surface area is 115 Å². The second-order valence-corrected chi connectivity index (χ2v) is 5.18. The van der Waals surface area contributed by atoms with Gasteiger partial charge in [0.15, 0.2) is 0 Å². The number of nitrogens with zero attached hydrogens (tertiary/aromatic N) is 2. The van der Waals surface area contributed by atoms with Crippen molar-refractivity contribution in [2.75, 3.05) is 6.54 Å². The zero-order valence-corrected chi connectivity index (χ0v) is 11.4. The van der Waals surface area contributed by atoms with Crippen LogP contribution in [0.1, 0.15) is 23.5 Å². The van der Waals surface area contributed by atoms with Crippen LogP contribution in [-0.4, -0.2) is 16.5 Å². The van der Waals surface area contributed by atoms with Gasteiger partial charge in [-0.15, -0.1) is 11.3 Å². The summed E-state index contributed by atoms with van der Waals surface area (Å²) >= 11 is 1.65. The minimum Gasteiger partial charge on any atom is -0.310 e. The Morgan fingerprint density at radius 3 is 2.74 bits per heavy atom. The smallest absolute Gasteiger partial charge is 0.269 e. The summed E-state index contributed by atoms with van der Waals surface area (Å²) in [5.41, 5.74) is 1.17. The molecule has 1 atom stereocenters. The second kappa shape index (κ2) is 6.40. The normalized spacial score (nSPS) is 12.3. The Kier molecular flexibility index (Phi) is 4.59. The van der Waals surface area contributed by atoms with E-state index in [2.05, 4.69) is 10.3 Å². The Morgan fingerprint density at radius 2 is 2.16 bits per heavy atom. The van der Waals surface area contributed by atoms with E-state index in [9.17, 15) is 10.1 Å². The van der Waals surface area contributed by atoms with Crippen LogP contribution in [0.15, 0.2) is 35.8 Å². The fourth-order valence-corrected chi connectivity index (χ4v) is 2.40. The van der Waals surface area contributed by atoms with E-state index in [1.165, 1.54) is 12.1 Å². The first-order valence-electron chi connectivity index (χ1n) is 6.03. The number of non-ortho nitro benzene ring substituents is 1. The quantitative estimate of drug-likeness (QED) is 0.651. The third-order valence-electron chi connectivity index (χ3n) is 2.88. The molecular weight excluding hydrogens is 262 g/mol. The molecule has 5 nitrogen and oxygen atoms in total. The summed E-state index contributed by atoms with van der Waals surface area (Å²) in [4.78, 5) is 14.4. The minimum atomic E-state index is -0.385. The summed E-state index contributed by atoms with van der Waals surface area (Å²) in [7, 11) is 0. The lowest BCUT2D eigenvalue weighted by Crippen LogP contribution is -2.21. The van der Waals surface area contributed by atoms with Crippen molar-refractivity contribution < 1.29 is 4.92 Å². The van der Waals surface area contributed by atoms with Crippen LogP contribution in [0.5, 0.6) is 0 Å². The number of nitro benzene ring substituents is 1. The predicted octanol–water partition coefficient (Wildman–Crippen LogP) is 2.94. The molecule has 1 heterocycles. The van der Waals surface area contributed by atoms with Gasteiger partial charge in [0.05, 0.1) is 9.93 Å². The molecule has 1 unspecified atom stereocenters. The number of hydrogen-bond acceptors (Lipinski definition) is 5. The summed E-state index contributed by atoms with van der Waals surface area (Å²) in [6, 6.07) is 6.82. The van der Waals surface area contributed by atoms with E-state index in [0.717, 1.165) is 23.5 Å². The van der Waals surface area contributed by atoms with E-state index in [1.54, 1.807) is 29.7 Å². The first-order valence-corrected chi connectivity index (χ1v) is 6.91. The van der Waals surface area contributed by atoms with Crippen molar-refractivity contribution >= 4 is 17.0 Å². The molecule has 0 bridgehead atoms. The molecule has 0 saturated carbocycles. The number of hydrogen-bond donors (Lipinski definition) is 1. The van der Waals surface area contributed by atoms with E-state index >= 15 is 0 Å². The summed E-state index contributed by atoms with van der Waals surface area (Å²) in [5.74, 6) is 0. The zero-order valence-electron chi connectivity index (χ0n) is 10.6. The van der Waals surface area contributed by atoms with Crippen LogP contribution in [0.25, 0.3) is 0 Å². The van der Waals surface area contributed by atoms with Crippen molar-refractivity contribution in [1.29, 1.82) is 0 Å². The molecule has 6 heteroatoms. The van der Waals surface area contributed by atoms with Crippen LogP contribution in [0, 0.1) is 10.1 Å². The molecular formula is C13H15N3O2S. The monoisotopic (exact) mass is 277 g/mol. The van der Waals surface area contributed by atoms with Crippen molar-refractivity contribution in [3.8, 4) is 0 Å². The average molecular weight is 277 g/mol. The predicted molar refractivity (Wildman–Crippen MR) is 75.3 cm³/mol. The van der Waals surface area contributed by atoms with Gasteiger partial charge < -0.3 is 5.32 Å². The fraction of sp³-hybridized carbons (Fsp3) is 0.308. The SMILES string of the molecule is CC(NCCc1nccs1)c1ccc([N+](=O)[O-])cc1. The molecule has 2 aromatic rings. The number of nitrogens with one attached hydrogen (secondary N) is 1. The summed E-state index contributed by atoms with van der Waals surface area (Å²) in [6.07, 6.45) is 2.70. The second-order valence-electron chi connectivity index (χ2n) is 4.20. The molecule has 19 heavy (non-hydrogen) atoms. The Morgan fingerprint density at radius 1 is 1.42 bits per heavy atom. The largest absolute Gasteiger partial charge is 0.310 e. The summed E-state index contributed by atoms with van der Waals surface area (Å²) in [6.45, 7) is 2.88. The van der Waals surface area contributed by atoms with Crippen LogP contribution in [0.4, 0.5) is 5.69 Å². The molecule has 0 saturated heterocycles. The van der Waals surface area contributed by atoms with E-state index in [0.29, 0.717) is 0 Å². The van der Waals surface area contributed by atoms with Crippen LogP contribution in [-0.2, 0) is 6.42 Å². The fourth-order valence-electron chi connectivity index (χ4n) is 1.77. The molecule has 0 aliphatic heterocycles. The van der Waals surface area contributed by atoms with Crippen LogP contribution >= 0.6 is 11.3 Å². The maximum absolute atomic E-state index is 10.6. The highest BCUT2D eigenvalue weighted by molar-refractivity contribution is 7.09. The minimum absolute atomic E-state index is 0.124. The molecule has 1 aromatic heterocycles. The van der Waals surface area contributed by atoms with Crippen molar-refractivity contribution in [2.45, 2.75) is 19.4 Å². The highest BCUT2D eigenvalue weighted by atomic mass is 32.1. The van der Waals surface area contributed by atoms with Gasteiger partial charge in [-0.2, -0.15) is 0 Å². The van der Waals surface area contributed by atoms with Crippen molar-refractivity contribution in [3.05, 3.63) is 56.5 Å². The van der Waals surface area contributed by atoms with Crippen LogP contribution in [0.3, 0.4) is 0 Å². The first kappa shape index (κ1) is 13.6. The van der Waals surface area contributed by atoms with Gasteiger partial charge in [0, 0.05) is 42.7 Å².